The van der Waals surface area contributed by atoms with Crippen LogP contribution in [0.2, 0.25) is 0 Å². The highest BCUT2D eigenvalue weighted by Gasteiger charge is 2.08. The fourth-order valence-corrected chi connectivity index (χ4v) is 3.21. The zero-order valence-corrected chi connectivity index (χ0v) is 14.1. The molecule has 0 saturated heterocycles. The van der Waals surface area contributed by atoms with Crippen molar-refractivity contribution in [3.05, 3.63) is 64.4 Å². The van der Waals surface area contributed by atoms with Gasteiger partial charge in [0.05, 0.1) is 0 Å². The molecule has 2 aromatic rings. The number of nitrogens with one attached hydrogen (secondary N) is 2. The lowest BCUT2D eigenvalue weighted by Crippen LogP contribution is -2.36. The molecule has 1 aromatic carbocycles. The van der Waals surface area contributed by atoms with Gasteiger partial charge in [0, 0.05) is 38.9 Å². The summed E-state index contributed by atoms with van der Waals surface area (Å²) in [5.74, 6) is 0.824. The van der Waals surface area contributed by atoms with Crippen LogP contribution in [0.3, 0.4) is 0 Å². The lowest BCUT2D eigenvalue weighted by Gasteiger charge is -2.19. The fourth-order valence-electron chi connectivity index (χ4n) is 2.54. The molecule has 0 fully saturated rings. The highest BCUT2D eigenvalue weighted by molar-refractivity contribution is 7.07. The van der Waals surface area contributed by atoms with Crippen LogP contribution in [-0.4, -0.2) is 26.1 Å². The van der Waals surface area contributed by atoms with Crippen molar-refractivity contribution in [1.82, 2.24) is 10.6 Å². The number of benzene rings is 1. The first-order chi connectivity index (χ1) is 11.3. The molecule has 23 heavy (non-hydrogen) atoms. The first-order valence-electron chi connectivity index (χ1n) is 7.79. The SMILES string of the molecule is CN=C(NCc1ccsc1)NCc1cccc(N2CC=CC2)c1. The molecule has 0 saturated carbocycles. The number of anilines is 1. The summed E-state index contributed by atoms with van der Waals surface area (Å²) in [6.45, 7) is 3.56. The molecule has 2 N–H and O–H groups in total. The molecule has 0 unspecified atom stereocenters. The molecule has 1 aliphatic heterocycles. The quantitative estimate of drug-likeness (QED) is 0.504. The van der Waals surface area contributed by atoms with Gasteiger partial charge in [0.1, 0.15) is 0 Å². The Balaban J connectivity index is 1.53. The predicted molar refractivity (Wildman–Crippen MR) is 99.2 cm³/mol. The lowest BCUT2D eigenvalue weighted by molar-refractivity contribution is 0.810. The van der Waals surface area contributed by atoms with Gasteiger partial charge in [-0.05, 0) is 40.1 Å². The molecule has 0 aliphatic carbocycles. The minimum absolute atomic E-state index is 0.762. The normalized spacial score (nSPS) is 14.3. The van der Waals surface area contributed by atoms with Gasteiger partial charge in [-0.25, -0.2) is 0 Å². The van der Waals surface area contributed by atoms with E-state index >= 15 is 0 Å². The monoisotopic (exact) mass is 326 g/mol. The van der Waals surface area contributed by atoms with Crippen LogP contribution in [0.25, 0.3) is 0 Å². The van der Waals surface area contributed by atoms with Crippen LogP contribution in [0.1, 0.15) is 11.1 Å². The molecule has 4 nitrogen and oxygen atoms in total. The zero-order valence-electron chi connectivity index (χ0n) is 13.3. The van der Waals surface area contributed by atoms with Crippen LogP contribution in [0.5, 0.6) is 0 Å². The van der Waals surface area contributed by atoms with Crippen molar-refractivity contribution in [3.63, 3.8) is 0 Å². The van der Waals surface area contributed by atoms with Crippen LogP contribution >= 0.6 is 11.3 Å². The van der Waals surface area contributed by atoms with Crippen molar-refractivity contribution >= 4 is 23.0 Å². The maximum atomic E-state index is 4.28. The molecular weight excluding hydrogens is 304 g/mol. The van der Waals surface area contributed by atoms with Crippen molar-refractivity contribution in [2.75, 3.05) is 25.0 Å². The van der Waals surface area contributed by atoms with Gasteiger partial charge in [0.15, 0.2) is 5.96 Å². The molecular formula is C18H22N4S. The molecule has 0 amide bonds. The van der Waals surface area contributed by atoms with Crippen LogP contribution < -0.4 is 15.5 Å². The van der Waals surface area contributed by atoms with Gasteiger partial charge in [-0.2, -0.15) is 11.3 Å². The van der Waals surface area contributed by atoms with Gasteiger partial charge < -0.3 is 15.5 Å². The predicted octanol–water partition coefficient (Wildman–Crippen LogP) is 2.99. The Morgan fingerprint density at radius 2 is 1.91 bits per heavy atom. The van der Waals surface area contributed by atoms with Crippen molar-refractivity contribution in [2.24, 2.45) is 4.99 Å². The average molecular weight is 326 g/mol. The third-order valence-electron chi connectivity index (χ3n) is 3.82. The van der Waals surface area contributed by atoms with Crippen molar-refractivity contribution in [1.29, 1.82) is 0 Å². The van der Waals surface area contributed by atoms with E-state index < -0.39 is 0 Å². The van der Waals surface area contributed by atoms with E-state index in [1.165, 1.54) is 16.8 Å². The maximum absolute atomic E-state index is 4.28. The Morgan fingerprint density at radius 3 is 2.61 bits per heavy atom. The molecule has 3 rings (SSSR count). The smallest absolute Gasteiger partial charge is 0.191 e. The first-order valence-corrected chi connectivity index (χ1v) is 8.74. The van der Waals surface area contributed by atoms with E-state index in [9.17, 15) is 0 Å². The van der Waals surface area contributed by atoms with Gasteiger partial charge in [0.2, 0.25) is 0 Å². The Morgan fingerprint density at radius 1 is 1.13 bits per heavy atom. The van der Waals surface area contributed by atoms with Gasteiger partial charge in [0.25, 0.3) is 0 Å². The van der Waals surface area contributed by atoms with Crippen LogP contribution in [-0.2, 0) is 13.1 Å². The van der Waals surface area contributed by atoms with E-state index in [2.05, 4.69) is 73.8 Å². The van der Waals surface area contributed by atoms with E-state index in [1.807, 2.05) is 0 Å². The number of aliphatic imine (C=N–C) groups is 1. The second kappa shape index (κ2) is 7.83. The van der Waals surface area contributed by atoms with Gasteiger partial charge in [-0.3, -0.25) is 4.99 Å². The zero-order chi connectivity index (χ0) is 15.9. The summed E-state index contributed by atoms with van der Waals surface area (Å²) in [4.78, 5) is 6.63. The average Bonchev–Trinajstić information content (AvgIpc) is 3.29. The van der Waals surface area contributed by atoms with E-state index in [1.54, 1.807) is 18.4 Å². The van der Waals surface area contributed by atoms with E-state index in [0.717, 1.165) is 32.1 Å². The van der Waals surface area contributed by atoms with Crippen molar-refractivity contribution in [2.45, 2.75) is 13.1 Å². The van der Waals surface area contributed by atoms with Gasteiger partial charge in [-0.15, -0.1) is 0 Å². The number of thiophene rings is 1. The summed E-state index contributed by atoms with van der Waals surface area (Å²) >= 11 is 1.71. The largest absolute Gasteiger partial charge is 0.364 e. The number of rotatable bonds is 5. The summed E-state index contributed by atoms with van der Waals surface area (Å²) in [7, 11) is 1.80. The summed E-state index contributed by atoms with van der Waals surface area (Å²) in [6.07, 6.45) is 4.42. The standard InChI is InChI=1S/C18H22N4S/c1-19-18(21-13-16-7-10-23-14-16)20-12-15-5-4-6-17(11-15)22-8-2-3-9-22/h2-7,10-11,14H,8-9,12-13H2,1H3,(H2,19,20,21). The highest BCUT2D eigenvalue weighted by atomic mass is 32.1. The molecule has 0 radical (unpaired) electrons. The van der Waals surface area contributed by atoms with Crippen LogP contribution in [0, 0.1) is 0 Å². The lowest BCUT2D eigenvalue weighted by atomic mass is 10.2. The highest BCUT2D eigenvalue weighted by Crippen LogP contribution is 2.18. The Kier molecular flexibility index (Phi) is 5.32. The molecule has 1 aromatic heterocycles. The Labute approximate surface area is 141 Å². The Bertz CT molecular complexity index is 668. The second-order valence-electron chi connectivity index (χ2n) is 5.46. The first kappa shape index (κ1) is 15.6. The molecule has 0 spiro atoms. The van der Waals surface area contributed by atoms with Crippen LogP contribution in [0.4, 0.5) is 5.69 Å². The summed E-state index contributed by atoms with van der Waals surface area (Å²) in [5, 5.41) is 10.9. The molecule has 0 bridgehead atoms. The second-order valence-corrected chi connectivity index (χ2v) is 6.24. The number of nitrogens with zero attached hydrogens (tertiary/aromatic N) is 2. The minimum atomic E-state index is 0.762. The Hall–Kier alpha value is -2.27. The van der Waals surface area contributed by atoms with Crippen molar-refractivity contribution in [3.8, 4) is 0 Å². The molecule has 5 heteroatoms. The van der Waals surface area contributed by atoms with Gasteiger partial charge in [-0.1, -0.05) is 24.3 Å². The van der Waals surface area contributed by atoms with E-state index in [0.29, 0.717) is 0 Å². The topological polar surface area (TPSA) is 39.7 Å². The van der Waals surface area contributed by atoms with Gasteiger partial charge >= 0.3 is 0 Å². The van der Waals surface area contributed by atoms with E-state index in [4.69, 9.17) is 0 Å². The summed E-state index contributed by atoms with van der Waals surface area (Å²) in [5.41, 5.74) is 3.81. The molecule has 120 valence electrons. The molecule has 2 heterocycles. The van der Waals surface area contributed by atoms with Crippen LogP contribution in [0.15, 0.2) is 58.2 Å². The molecule has 1 aliphatic rings. The third-order valence-corrected chi connectivity index (χ3v) is 4.55. The summed E-state index contributed by atoms with van der Waals surface area (Å²) in [6, 6.07) is 10.8. The minimum Gasteiger partial charge on any atom is -0.364 e. The third kappa shape index (κ3) is 4.36. The van der Waals surface area contributed by atoms with E-state index in [-0.39, 0.29) is 0 Å². The number of hydrogen-bond donors (Lipinski definition) is 2. The number of guanidine groups is 1. The fraction of sp³-hybridized carbons (Fsp3) is 0.278. The summed E-state index contributed by atoms with van der Waals surface area (Å²) < 4.78 is 0. The maximum Gasteiger partial charge on any atom is 0.191 e. The van der Waals surface area contributed by atoms with Crippen molar-refractivity contribution < 1.29 is 0 Å². The molecule has 0 atom stereocenters. The number of hydrogen-bond acceptors (Lipinski definition) is 3.